The number of fused-ring (bicyclic) bond motifs is 1. The number of hydrogen-bond acceptors (Lipinski definition) is 8. The molecule has 3 rings (SSSR count). The maximum atomic E-state index is 12.6. The van der Waals surface area contributed by atoms with Crippen molar-refractivity contribution in [3.05, 3.63) is 56.9 Å². The molecule has 0 fully saturated rings. The molecule has 0 spiro atoms. The molecule has 31 heavy (non-hydrogen) atoms. The summed E-state index contributed by atoms with van der Waals surface area (Å²) < 4.78 is 17.7. The van der Waals surface area contributed by atoms with Gasteiger partial charge in [-0.05, 0) is 5.56 Å². The van der Waals surface area contributed by atoms with Gasteiger partial charge in [0, 0.05) is 24.3 Å². The molecule has 1 amide bonds. The van der Waals surface area contributed by atoms with Crippen molar-refractivity contribution in [3.8, 4) is 11.5 Å². The predicted molar refractivity (Wildman–Crippen MR) is 112 cm³/mol. The van der Waals surface area contributed by atoms with Crippen LogP contribution in [0.5, 0.6) is 11.5 Å². The topological polar surface area (TPSA) is 122 Å². The summed E-state index contributed by atoms with van der Waals surface area (Å²) in [5.74, 6) is 0.0112. The molecule has 0 N–H and O–H groups in total. The number of esters is 1. The summed E-state index contributed by atoms with van der Waals surface area (Å²) in [5, 5.41) is 10.8. The lowest BCUT2D eigenvalue weighted by Crippen LogP contribution is -2.22. The van der Waals surface area contributed by atoms with Gasteiger partial charge in [-0.2, -0.15) is 4.99 Å². The molecule has 3 aromatic rings. The molecule has 1 heterocycles. The van der Waals surface area contributed by atoms with Gasteiger partial charge in [0.25, 0.3) is 11.6 Å². The molecule has 10 nitrogen and oxygen atoms in total. The molecule has 2 aromatic carbocycles. The first kappa shape index (κ1) is 22.0. The van der Waals surface area contributed by atoms with Crippen LogP contribution >= 0.6 is 11.3 Å². The molecule has 0 aliphatic rings. The first-order valence-corrected chi connectivity index (χ1v) is 9.81. The van der Waals surface area contributed by atoms with E-state index in [9.17, 15) is 19.7 Å². The fraction of sp³-hybridized carbons (Fsp3) is 0.250. The Morgan fingerprint density at radius 3 is 2.32 bits per heavy atom. The molecular weight excluding hydrogens is 426 g/mol. The standard InChI is InChI=1S/C20H19N3O7S/c1-28-15-9-14-17(10-16(15)29-2)31-20(22(14)11-19(25)30-3)21-18(24)8-12-4-6-13(7-5-12)23(26)27/h4-7,9-10H,8,11H2,1-3H3. The number of nitro benzene ring substituents is 1. The molecule has 0 atom stereocenters. The quantitative estimate of drug-likeness (QED) is 0.311. The summed E-state index contributed by atoms with van der Waals surface area (Å²) in [7, 11) is 4.29. The summed E-state index contributed by atoms with van der Waals surface area (Å²) in [5.41, 5.74) is 1.16. The van der Waals surface area contributed by atoms with Crippen molar-refractivity contribution in [2.75, 3.05) is 21.3 Å². The van der Waals surface area contributed by atoms with Gasteiger partial charge in [-0.3, -0.25) is 19.7 Å². The Morgan fingerprint density at radius 1 is 1.10 bits per heavy atom. The number of methoxy groups -OCH3 is 3. The number of rotatable bonds is 7. The third kappa shape index (κ3) is 4.89. The minimum Gasteiger partial charge on any atom is -0.493 e. The van der Waals surface area contributed by atoms with Crippen LogP contribution in [0.15, 0.2) is 41.4 Å². The summed E-state index contributed by atoms with van der Waals surface area (Å²) in [6.07, 6.45) is -0.0445. The summed E-state index contributed by atoms with van der Waals surface area (Å²) in [4.78, 5) is 39.2. The number of ether oxygens (including phenoxy) is 3. The van der Waals surface area contributed by atoms with Gasteiger partial charge in [0.15, 0.2) is 16.3 Å². The molecule has 0 saturated carbocycles. The third-order valence-corrected chi connectivity index (χ3v) is 5.47. The van der Waals surface area contributed by atoms with Gasteiger partial charge in [-0.25, -0.2) is 0 Å². The number of non-ortho nitro benzene ring substituents is 1. The van der Waals surface area contributed by atoms with Crippen molar-refractivity contribution in [3.63, 3.8) is 0 Å². The minimum atomic E-state index is -0.508. The molecule has 0 saturated heterocycles. The summed E-state index contributed by atoms with van der Waals surface area (Å²) in [6, 6.07) is 9.12. The lowest BCUT2D eigenvalue weighted by atomic mass is 10.1. The number of hydrogen-bond donors (Lipinski definition) is 0. The number of thiazole rings is 1. The van der Waals surface area contributed by atoms with E-state index in [1.807, 2.05) is 0 Å². The van der Waals surface area contributed by atoms with E-state index >= 15 is 0 Å². The van der Waals surface area contributed by atoms with Crippen molar-refractivity contribution in [1.82, 2.24) is 4.57 Å². The van der Waals surface area contributed by atoms with E-state index < -0.39 is 16.8 Å². The number of amides is 1. The van der Waals surface area contributed by atoms with Gasteiger partial charge in [-0.1, -0.05) is 23.5 Å². The zero-order valence-corrected chi connectivity index (χ0v) is 17.8. The Kier molecular flexibility index (Phi) is 6.65. The second-order valence-electron chi connectivity index (χ2n) is 6.33. The Bertz CT molecular complexity index is 1210. The number of carbonyl (C=O) groups is 2. The van der Waals surface area contributed by atoms with E-state index in [-0.39, 0.29) is 18.7 Å². The number of nitro groups is 1. The molecule has 0 aliphatic carbocycles. The van der Waals surface area contributed by atoms with Crippen molar-refractivity contribution in [2.24, 2.45) is 4.99 Å². The van der Waals surface area contributed by atoms with Gasteiger partial charge in [0.1, 0.15) is 6.54 Å². The lowest BCUT2D eigenvalue weighted by Gasteiger charge is -2.09. The third-order valence-electron chi connectivity index (χ3n) is 4.43. The number of nitrogens with zero attached hydrogens (tertiary/aromatic N) is 3. The number of benzene rings is 2. The average molecular weight is 445 g/mol. The van der Waals surface area contributed by atoms with Crippen LogP contribution < -0.4 is 14.3 Å². The van der Waals surface area contributed by atoms with Gasteiger partial charge in [-0.15, -0.1) is 0 Å². The Balaban J connectivity index is 2.02. The molecule has 162 valence electrons. The fourth-order valence-electron chi connectivity index (χ4n) is 2.88. The van der Waals surface area contributed by atoms with Gasteiger partial charge in [0.05, 0.1) is 42.9 Å². The lowest BCUT2D eigenvalue weighted by molar-refractivity contribution is -0.384. The van der Waals surface area contributed by atoms with Crippen LogP contribution in [0.4, 0.5) is 5.69 Å². The highest BCUT2D eigenvalue weighted by molar-refractivity contribution is 7.16. The molecule has 0 bridgehead atoms. The summed E-state index contributed by atoms with van der Waals surface area (Å²) in [6.45, 7) is -0.143. The second-order valence-corrected chi connectivity index (χ2v) is 7.34. The van der Waals surface area contributed by atoms with Crippen LogP contribution in [-0.2, 0) is 27.3 Å². The van der Waals surface area contributed by atoms with Gasteiger partial charge >= 0.3 is 5.97 Å². The average Bonchev–Trinajstić information content (AvgIpc) is 3.08. The molecule has 0 aliphatic heterocycles. The largest absolute Gasteiger partial charge is 0.493 e. The summed E-state index contributed by atoms with van der Waals surface area (Å²) >= 11 is 1.21. The zero-order valence-electron chi connectivity index (χ0n) is 17.0. The normalized spacial score (nSPS) is 11.4. The first-order valence-electron chi connectivity index (χ1n) is 8.99. The van der Waals surface area contributed by atoms with E-state index in [0.29, 0.717) is 27.4 Å². The van der Waals surface area contributed by atoms with Crippen molar-refractivity contribution >= 4 is 39.1 Å². The van der Waals surface area contributed by atoms with Gasteiger partial charge in [0.2, 0.25) is 0 Å². The molecular formula is C20H19N3O7S. The SMILES string of the molecule is COC(=O)Cn1c(=NC(=O)Cc2ccc([N+](=O)[O-])cc2)sc2cc(OC)c(OC)cc21. The van der Waals surface area contributed by atoms with E-state index in [4.69, 9.17) is 14.2 Å². The van der Waals surface area contributed by atoms with Crippen molar-refractivity contribution in [1.29, 1.82) is 0 Å². The van der Waals surface area contributed by atoms with Crippen molar-refractivity contribution < 1.29 is 28.7 Å². The minimum absolute atomic E-state index is 0.0445. The Hall–Kier alpha value is -3.73. The monoisotopic (exact) mass is 445 g/mol. The maximum Gasteiger partial charge on any atom is 0.325 e. The maximum absolute atomic E-state index is 12.6. The van der Waals surface area contributed by atoms with Crippen LogP contribution in [0.3, 0.4) is 0 Å². The van der Waals surface area contributed by atoms with Crippen LogP contribution in [0.1, 0.15) is 5.56 Å². The highest BCUT2D eigenvalue weighted by Crippen LogP contribution is 2.33. The highest BCUT2D eigenvalue weighted by Gasteiger charge is 2.16. The van der Waals surface area contributed by atoms with E-state index in [0.717, 1.165) is 4.70 Å². The number of carbonyl (C=O) groups excluding carboxylic acids is 2. The van der Waals surface area contributed by atoms with Crippen LogP contribution in [0, 0.1) is 10.1 Å². The number of aromatic nitrogens is 1. The molecule has 0 unspecified atom stereocenters. The second kappa shape index (κ2) is 9.39. The van der Waals surface area contributed by atoms with E-state index in [1.165, 1.54) is 56.9 Å². The van der Waals surface area contributed by atoms with Crippen molar-refractivity contribution in [2.45, 2.75) is 13.0 Å². The predicted octanol–water partition coefficient (Wildman–Crippen LogP) is 2.47. The van der Waals surface area contributed by atoms with E-state index in [2.05, 4.69) is 4.99 Å². The molecule has 1 aromatic heterocycles. The van der Waals surface area contributed by atoms with Gasteiger partial charge < -0.3 is 18.8 Å². The Labute approximate surface area is 180 Å². The van der Waals surface area contributed by atoms with E-state index in [1.54, 1.807) is 16.7 Å². The first-order chi connectivity index (χ1) is 14.9. The smallest absolute Gasteiger partial charge is 0.325 e. The zero-order chi connectivity index (χ0) is 22.5. The fourth-order valence-corrected chi connectivity index (χ4v) is 3.94. The van der Waals surface area contributed by atoms with Crippen LogP contribution in [0.25, 0.3) is 10.2 Å². The highest BCUT2D eigenvalue weighted by atomic mass is 32.1. The van der Waals surface area contributed by atoms with Crippen LogP contribution in [-0.4, -0.2) is 42.7 Å². The molecule has 0 radical (unpaired) electrons. The van der Waals surface area contributed by atoms with Crippen LogP contribution in [0.2, 0.25) is 0 Å². The molecule has 11 heteroatoms. The Morgan fingerprint density at radius 2 is 1.74 bits per heavy atom.